The summed E-state index contributed by atoms with van der Waals surface area (Å²) in [7, 11) is 1.49. The molecule has 0 aliphatic rings. The third-order valence-corrected chi connectivity index (χ3v) is 2.51. The molecule has 0 atom stereocenters. The first-order chi connectivity index (χ1) is 9.67. The quantitative estimate of drug-likeness (QED) is 0.815. The predicted octanol–water partition coefficient (Wildman–Crippen LogP) is 0.482. The van der Waals surface area contributed by atoms with Gasteiger partial charge in [-0.15, -0.1) is 0 Å². The maximum Gasteiger partial charge on any atom is 0.271 e. The number of aromatic amines is 1. The summed E-state index contributed by atoms with van der Waals surface area (Å²) in [5.41, 5.74) is 6.12. The van der Waals surface area contributed by atoms with Crippen LogP contribution in [0.5, 0.6) is 11.5 Å². The molecule has 0 radical (unpaired) electrons. The topological polar surface area (TPSA) is 127 Å². The van der Waals surface area contributed by atoms with E-state index in [-0.39, 0.29) is 12.3 Å². The number of hydrogen-bond donors (Lipinski definition) is 2. The van der Waals surface area contributed by atoms with Crippen LogP contribution in [-0.2, 0) is 0 Å². The number of methoxy groups -OCH3 is 1. The van der Waals surface area contributed by atoms with Crippen LogP contribution in [0.25, 0.3) is 11.3 Å². The molecule has 3 N–H and O–H groups in total. The average Bonchev–Trinajstić information content (AvgIpc) is 2.94. The number of aromatic nitrogens is 3. The van der Waals surface area contributed by atoms with Gasteiger partial charge in [0.25, 0.3) is 5.91 Å². The van der Waals surface area contributed by atoms with Gasteiger partial charge in [-0.25, -0.2) is 0 Å². The second kappa shape index (κ2) is 5.71. The molecule has 20 heavy (non-hydrogen) atoms. The summed E-state index contributed by atoms with van der Waals surface area (Å²) >= 11 is 0. The molecular weight excluding hydrogens is 262 g/mol. The van der Waals surface area contributed by atoms with E-state index in [2.05, 4.69) is 15.4 Å². The predicted molar refractivity (Wildman–Crippen MR) is 68.0 cm³/mol. The molecule has 0 bridgehead atoms. The Hall–Kier alpha value is -3.08. The fourth-order valence-corrected chi connectivity index (χ4v) is 1.65. The Kier molecular flexibility index (Phi) is 3.81. The van der Waals surface area contributed by atoms with Gasteiger partial charge in [0, 0.05) is 5.56 Å². The lowest BCUT2D eigenvalue weighted by Gasteiger charge is -2.09. The number of nitrogens with one attached hydrogen (secondary N) is 1. The first-order valence-electron chi connectivity index (χ1n) is 5.56. The van der Waals surface area contributed by atoms with Crippen molar-refractivity contribution in [3.63, 3.8) is 0 Å². The number of ether oxygens (including phenoxy) is 2. The highest BCUT2D eigenvalue weighted by molar-refractivity contribution is 5.96. The van der Waals surface area contributed by atoms with Crippen molar-refractivity contribution in [3.8, 4) is 28.8 Å². The van der Waals surface area contributed by atoms with Crippen molar-refractivity contribution in [2.24, 2.45) is 5.73 Å². The number of benzene rings is 1. The zero-order valence-electron chi connectivity index (χ0n) is 10.6. The summed E-state index contributed by atoms with van der Waals surface area (Å²) in [6.07, 6.45) is 0. The Balaban J connectivity index is 2.45. The molecule has 8 nitrogen and oxygen atoms in total. The smallest absolute Gasteiger partial charge is 0.271 e. The molecular formula is C12H11N5O3. The van der Waals surface area contributed by atoms with Gasteiger partial charge in [-0.1, -0.05) is 0 Å². The van der Waals surface area contributed by atoms with Crippen molar-refractivity contribution in [2.75, 3.05) is 13.7 Å². The van der Waals surface area contributed by atoms with Crippen LogP contribution in [0.2, 0.25) is 0 Å². The van der Waals surface area contributed by atoms with Gasteiger partial charge in [-0.3, -0.25) is 4.79 Å². The molecule has 1 heterocycles. The zero-order valence-corrected chi connectivity index (χ0v) is 10.6. The summed E-state index contributed by atoms with van der Waals surface area (Å²) in [6, 6.07) is 6.79. The molecule has 1 aromatic carbocycles. The molecule has 8 heteroatoms. The maximum atomic E-state index is 11.2. The largest absolute Gasteiger partial charge is 0.493 e. The average molecular weight is 273 g/mol. The van der Waals surface area contributed by atoms with E-state index < -0.39 is 5.91 Å². The Labute approximate surface area is 114 Å². The maximum absolute atomic E-state index is 11.2. The number of amides is 1. The number of nitrogens with zero attached hydrogens (tertiary/aromatic N) is 3. The number of nitrogens with two attached hydrogens (primary N) is 1. The monoisotopic (exact) mass is 273 g/mol. The van der Waals surface area contributed by atoms with Crippen LogP contribution in [0.1, 0.15) is 10.5 Å². The standard InChI is InChI=1S/C12H11N5O3/c1-19-8-3-2-7(6-9(8)20-5-4-13)10-11(12(14)18)16-17-15-10/h2-3,6H,5H2,1H3,(H2,14,18)(H,15,16,17). The minimum Gasteiger partial charge on any atom is -0.493 e. The lowest BCUT2D eigenvalue weighted by atomic mass is 10.1. The van der Waals surface area contributed by atoms with E-state index in [1.54, 1.807) is 18.2 Å². The molecule has 2 aromatic rings. The van der Waals surface area contributed by atoms with Gasteiger partial charge in [-0.2, -0.15) is 20.7 Å². The Morgan fingerprint density at radius 2 is 2.25 bits per heavy atom. The van der Waals surface area contributed by atoms with Crippen LogP contribution in [0.4, 0.5) is 0 Å². The molecule has 0 aliphatic heterocycles. The molecule has 102 valence electrons. The van der Waals surface area contributed by atoms with E-state index in [1.807, 2.05) is 6.07 Å². The number of hydrogen-bond acceptors (Lipinski definition) is 6. The van der Waals surface area contributed by atoms with Gasteiger partial charge in [-0.05, 0) is 18.2 Å². The summed E-state index contributed by atoms with van der Waals surface area (Å²) in [4.78, 5) is 11.2. The van der Waals surface area contributed by atoms with Crippen molar-refractivity contribution in [2.45, 2.75) is 0 Å². The van der Waals surface area contributed by atoms with Crippen molar-refractivity contribution in [3.05, 3.63) is 23.9 Å². The van der Waals surface area contributed by atoms with Crippen molar-refractivity contribution < 1.29 is 14.3 Å². The lowest BCUT2D eigenvalue weighted by Crippen LogP contribution is -2.12. The number of carbonyl (C=O) groups is 1. The van der Waals surface area contributed by atoms with E-state index >= 15 is 0 Å². The van der Waals surface area contributed by atoms with E-state index in [0.29, 0.717) is 22.8 Å². The third kappa shape index (κ3) is 2.51. The van der Waals surface area contributed by atoms with Crippen molar-refractivity contribution in [1.29, 1.82) is 5.26 Å². The molecule has 1 aromatic heterocycles. The molecule has 0 aliphatic carbocycles. The van der Waals surface area contributed by atoms with E-state index in [1.165, 1.54) is 7.11 Å². The van der Waals surface area contributed by atoms with Gasteiger partial charge >= 0.3 is 0 Å². The Bertz CT molecular complexity index is 674. The van der Waals surface area contributed by atoms with Crippen LogP contribution in [0.3, 0.4) is 0 Å². The highest BCUT2D eigenvalue weighted by Crippen LogP contribution is 2.32. The number of carbonyl (C=O) groups excluding carboxylic acids is 1. The number of H-pyrrole nitrogens is 1. The van der Waals surface area contributed by atoms with Crippen LogP contribution in [-0.4, -0.2) is 35.0 Å². The fraction of sp³-hybridized carbons (Fsp3) is 0.167. The van der Waals surface area contributed by atoms with Crippen LogP contribution in [0, 0.1) is 11.3 Å². The summed E-state index contributed by atoms with van der Waals surface area (Å²) in [5, 5.41) is 18.5. The second-order valence-electron chi connectivity index (χ2n) is 3.70. The Morgan fingerprint density at radius 3 is 2.90 bits per heavy atom. The normalized spacial score (nSPS) is 9.80. The molecule has 0 fully saturated rings. The van der Waals surface area contributed by atoms with Gasteiger partial charge in [0.2, 0.25) is 0 Å². The summed E-state index contributed by atoms with van der Waals surface area (Å²) < 4.78 is 10.4. The minimum absolute atomic E-state index is 0.0291. The fourth-order valence-electron chi connectivity index (χ4n) is 1.65. The SMILES string of the molecule is COc1ccc(-c2n[nH]nc2C(N)=O)cc1OCC#N. The number of primary amides is 1. The third-order valence-electron chi connectivity index (χ3n) is 2.51. The van der Waals surface area contributed by atoms with Gasteiger partial charge in [0.15, 0.2) is 23.8 Å². The highest BCUT2D eigenvalue weighted by atomic mass is 16.5. The van der Waals surface area contributed by atoms with Crippen LogP contribution < -0.4 is 15.2 Å². The molecule has 2 rings (SSSR count). The molecule has 0 saturated carbocycles. The first kappa shape index (κ1) is 13.4. The molecule has 0 unspecified atom stereocenters. The van der Waals surface area contributed by atoms with Crippen LogP contribution >= 0.6 is 0 Å². The number of nitriles is 1. The van der Waals surface area contributed by atoms with Gasteiger partial charge < -0.3 is 15.2 Å². The van der Waals surface area contributed by atoms with Gasteiger partial charge in [0.05, 0.1) is 7.11 Å². The van der Waals surface area contributed by atoms with Crippen molar-refractivity contribution in [1.82, 2.24) is 15.4 Å². The van der Waals surface area contributed by atoms with Crippen LogP contribution in [0.15, 0.2) is 18.2 Å². The van der Waals surface area contributed by atoms with Crippen molar-refractivity contribution >= 4 is 5.91 Å². The Morgan fingerprint density at radius 1 is 1.45 bits per heavy atom. The molecule has 0 spiro atoms. The zero-order chi connectivity index (χ0) is 14.5. The first-order valence-corrected chi connectivity index (χ1v) is 5.56. The number of rotatable bonds is 5. The van der Waals surface area contributed by atoms with Gasteiger partial charge in [0.1, 0.15) is 11.8 Å². The lowest BCUT2D eigenvalue weighted by molar-refractivity contribution is 0.0996. The van der Waals surface area contributed by atoms with E-state index in [9.17, 15) is 4.79 Å². The van der Waals surface area contributed by atoms with E-state index in [4.69, 9.17) is 20.5 Å². The molecule has 1 amide bonds. The minimum atomic E-state index is -0.691. The summed E-state index contributed by atoms with van der Waals surface area (Å²) in [6.45, 7) is -0.124. The molecule has 0 saturated heterocycles. The highest BCUT2D eigenvalue weighted by Gasteiger charge is 2.17. The van der Waals surface area contributed by atoms with E-state index in [0.717, 1.165) is 0 Å². The summed E-state index contributed by atoms with van der Waals surface area (Å²) in [5.74, 6) is 0.141. The second-order valence-corrected chi connectivity index (χ2v) is 3.70.